The van der Waals surface area contributed by atoms with Gasteiger partial charge in [-0.3, -0.25) is 24.6 Å². The molecule has 2 fully saturated rings. The molecule has 0 bridgehead atoms. The molecule has 3 aromatic rings. The normalized spacial score (nSPS) is 17.6. The fourth-order valence-electron chi connectivity index (χ4n) is 7.33. The highest BCUT2D eigenvalue weighted by Gasteiger charge is 2.59. The Labute approximate surface area is 411 Å². The highest BCUT2D eigenvalue weighted by atomic mass is 19.4. The van der Waals surface area contributed by atoms with E-state index < -0.39 is 143 Å². The fourth-order valence-corrected chi connectivity index (χ4v) is 7.33. The first-order chi connectivity index (χ1) is 33.6. The Balaban J connectivity index is 1.59. The molecule has 0 saturated heterocycles. The maximum Gasteiger partial charge on any atom is 0.396 e. The van der Waals surface area contributed by atoms with E-state index in [-0.39, 0.29) is 36.8 Å². The van der Waals surface area contributed by atoms with Crippen LogP contribution in [0.15, 0.2) is 60.0 Å². The Hall–Kier alpha value is -6.18. The predicted octanol–water partition coefficient (Wildman–Crippen LogP) is 7.48. The Morgan fingerprint density at radius 3 is 1.73 bits per heavy atom. The van der Waals surface area contributed by atoms with Gasteiger partial charge >= 0.3 is 25.5 Å². The van der Waals surface area contributed by atoms with Crippen LogP contribution in [0.3, 0.4) is 0 Å². The largest absolute Gasteiger partial charge is 0.404 e. The second-order valence-electron chi connectivity index (χ2n) is 19.9. The van der Waals surface area contributed by atoms with Crippen molar-refractivity contribution < 1.29 is 77.0 Å². The van der Waals surface area contributed by atoms with E-state index in [1.165, 1.54) is 38.1 Å². The van der Waals surface area contributed by atoms with E-state index in [1.54, 1.807) is 0 Å². The van der Waals surface area contributed by atoms with Crippen molar-refractivity contribution in [1.29, 1.82) is 0 Å². The fraction of sp³-hybridized carbons (Fsp3) is 0.532. The predicted molar refractivity (Wildman–Crippen MR) is 240 cm³/mol. The summed E-state index contributed by atoms with van der Waals surface area (Å²) in [4.78, 5) is 57.7. The number of rotatable bonds is 22. The lowest BCUT2D eigenvalue weighted by Gasteiger charge is -2.39. The number of nitrogens with zero attached hydrogens (tertiary/aromatic N) is 4. The minimum Gasteiger partial charge on any atom is -0.404 e. The van der Waals surface area contributed by atoms with Gasteiger partial charge in [0.25, 0.3) is 5.91 Å². The summed E-state index contributed by atoms with van der Waals surface area (Å²) in [5.74, 6) is -7.89. The number of carbonyl (C=O) groups excluding carboxylic acids is 4. The molecule has 2 aromatic carbocycles. The molecule has 2 aliphatic rings. The number of aliphatic hydroxyl groups is 1. The second kappa shape index (κ2) is 21.7. The van der Waals surface area contributed by atoms with Crippen molar-refractivity contribution in [1.82, 2.24) is 36.2 Å². The van der Waals surface area contributed by atoms with Gasteiger partial charge in [0.15, 0.2) is 0 Å². The van der Waals surface area contributed by atoms with Gasteiger partial charge in [0.1, 0.15) is 23.7 Å². The van der Waals surface area contributed by atoms with E-state index in [4.69, 9.17) is 5.73 Å². The summed E-state index contributed by atoms with van der Waals surface area (Å²) in [6.45, 7) is -3.18. The van der Waals surface area contributed by atoms with Crippen molar-refractivity contribution in [2.24, 2.45) is 32.4 Å². The highest BCUT2D eigenvalue weighted by molar-refractivity contribution is 6.09. The molecule has 73 heavy (non-hydrogen) atoms. The minimum atomic E-state index is -5.20. The quantitative estimate of drug-likeness (QED) is 0.0258. The number of aliphatic hydroxyl groups excluding tert-OH is 1. The molecule has 5 rings (SSSR count). The number of hydrogen-bond acceptors (Lipinski definition) is 9. The molecule has 14 nitrogen and oxygen atoms in total. The van der Waals surface area contributed by atoms with E-state index >= 15 is 8.78 Å². The molecule has 7 N–H and O–H groups in total. The van der Waals surface area contributed by atoms with Crippen LogP contribution < -0.4 is 27.1 Å². The van der Waals surface area contributed by atoms with Crippen molar-refractivity contribution in [3.8, 4) is 11.1 Å². The first-order valence-electron chi connectivity index (χ1n) is 22.6. The third-order valence-electron chi connectivity index (χ3n) is 13.4. The van der Waals surface area contributed by atoms with E-state index in [1.807, 2.05) is 0 Å². The Morgan fingerprint density at radius 1 is 0.808 bits per heavy atom. The third-order valence-corrected chi connectivity index (χ3v) is 13.4. The summed E-state index contributed by atoms with van der Waals surface area (Å²) in [7, 11) is 0. The van der Waals surface area contributed by atoms with Crippen molar-refractivity contribution in [2.45, 2.75) is 130 Å². The first-order valence-corrected chi connectivity index (χ1v) is 22.6. The van der Waals surface area contributed by atoms with Gasteiger partial charge < -0.3 is 26.8 Å². The van der Waals surface area contributed by atoms with E-state index in [0.29, 0.717) is 67.5 Å². The van der Waals surface area contributed by atoms with Crippen LogP contribution in [0.5, 0.6) is 0 Å². The van der Waals surface area contributed by atoms with Gasteiger partial charge in [-0.05, 0) is 88.6 Å². The molecule has 0 aliphatic heterocycles. The zero-order chi connectivity index (χ0) is 54.8. The van der Waals surface area contributed by atoms with Gasteiger partial charge in [0.2, 0.25) is 17.7 Å². The second-order valence-corrected chi connectivity index (χ2v) is 19.9. The number of hydrazine groups is 1. The number of amides is 4. The summed E-state index contributed by atoms with van der Waals surface area (Å²) in [6, 6.07) is 0.159. The van der Waals surface area contributed by atoms with Gasteiger partial charge in [0, 0.05) is 59.2 Å². The van der Waals surface area contributed by atoms with Crippen LogP contribution in [0.25, 0.3) is 16.7 Å². The van der Waals surface area contributed by atoms with Crippen molar-refractivity contribution >= 4 is 35.4 Å². The van der Waals surface area contributed by atoms with Crippen LogP contribution in [0.4, 0.5) is 52.7 Å². The molecular formula is C47H55F12N9O5. The minimum absolute atomic E-state index is 0.196. The molecular weight excluding hydrogens is 999 g/mol. The lowest BCUT2D eigenvalue weighted by atomic mass is 9.82. The third kappa shape index (κ3) is 13.7. The number of nitrogens with one attached hydrogen (secondary N) is 4. The van der Waals surface area contributed by atoms with Crippen molar-refractivity contribution in [3.05, 3.63) is 83.3 Å². The average Bonchev–Trinajstić information content (AvgIpc) is 4.17. The summed E-state index contributed by atoms with van der Waals surface area (Å²) < 4.78 is 173. The van der Waals surface area contributed by atoms with E-state index in [9.17, 15) is 68.2 Å². The maximum absolute atomic E-state index is 16.0. The smallest absolute Gasteiger partial charge is 0.396 e. The molecule has 1 heterocycles. The summed E-state index contributed by atoms with van der Waals surface area (Å²) in [5, 5.41) is 22.8. The lowest BCUT2D eigenvalue weighted by molar-refractivity contribution is -0.222. The van der Waals surface area contributed by atoms with E-state index in [2.05, 4.69) is 31.5 Å². The molecule has 26 heteroatoms. The number of hydrogen-bond donors (Lipinski definition) is 6. The monoisotopic (exact) mass is 1050 g/mol. The molecule has 4 amide bonds. The SMILES string of the molecule is CC1(C(=O)NC(C(=O)N[C@@H](Cc2ccc(-c3cnn(C(F)F)c3)cc2)[C@@H](O)CN(Cc2c(F)cc(C(C=NC(F)F)=CN)cc2F)NC(=O)[C@@H](NC(=O)C2(C)CC2)C(C)(C)C(F)(F)F)C(C)(C)C(F)(F)F)CC1. The highest BCUT2D eigenvalue weighted by Crippen LogP contribution is 2.48. The average molecular weight is 1050 g/mol. The van der Waals surface area contributed by atoms with E-state index in [0.717, 1.165) is 12.4 Å². The number of carbonyl (C=O) groups is 4. The summed E-state index contributed by atoms with van der Waals surface area (Å²) in [5.41, 5.74) is -1.79. The van der Waals surface area contributed by atoms with Crippen molar-refractivity contribution in [3.63, 3.8) is 0 Å². The number of benzene rings is 2. The number of nitrogens with two attached hydrogens (primary N) is 1. The summed E-state index contributed by atoms with van der Waals surface area (Å²) >= 11 is 0. The molecule has 1 aromatic heterocycles. The molecule has 0 spiro atoms. The number of aromatic nitrogens is 2. The lowest BCUT2D eigenvalue weighted by Crippen LogP contribution is -2.64. The zero-order valence-corrected chi connectivity index (χ0v) is 40.2. The number of allylic oxidation sites excluding steroid dienone is 1. The van der Waals surface area contributed by atoms with Crippen LogP contribution in [-0.4, -0.2) is 99.4 Å². The van der Waals surface area contributed by atoms with Crippen LogP contribution in [-0.2, 0) is 32.1 Å². The van der Waals surface area contributed by atoms with Gasteiger partial charge in [0.05, 0.1) is 29.2 Å². The van der Waals surface area contributed by atoms with Gasteiger partial charge in [-0.2, -0.15) is 49.0 Å². The number of aliphatic imine (C=N–C) groups is 1. The number of alkyl halides is 10. The number of halogens is 12. The molecule has 0 radical (unpaired) electrons. The van der Waals surface area contributed by atoms with Crippen LogP contribution in [0, 0.1) is 33.3 Å². The molecule has 4 atom stereocenters. The standard InChI is InChI=1S/C47H55F12N9O5/c1-42(2,46(54,55)56)34(64-38(72)44(5)11-12-44)36(70)63-32(15-24-7-9-25(10-8-24)28-20-62-68(21-28)41(52)53)33(69)23-67(22-29-30(48)16-26(17-31(29)49)27(18-60)19-61-40(50)51)66-37(71)35(43(3,4)47(57,58)59)65-39(73)45(6)13-14-45/h7-10,16-21,32-35,40-41,69H,11-15,22-23,60H2,1-6H3,(H,63,70)(H,64,72)(H,65,73)(H,66,71)/t32-,33-,34?,35+/m0/s1. The molecule has 402 valence electrons. The van der Waals surface area contributed by atoms with Crippen molar-refractivity contribution in [2.75, 3.05) is 6.54 Å². The maximum atomic E-state index is 16.0. The first kappa shape index (κ1) is 57.7. The van der Waals surface area contributed by atoms with Gasteiger partial charge in [-0.1, -0.05) is 38.1 Å². The Bertz CT molecular complexity index is 2530. The molecule has 1 unspecified atom stereocenters. The molecule has 2 aliphatic carbocycles. The Morgan fingerprint density at radius 2 is 1.30 bits per heavy atom. The molecule has 2 saturated carbocycles. The topological polar surface area (TPSA) is 196 Å². The zero-order valence-electron chi connectivity index (χ0n) is 40.2. The Kier molecular flexibility index (Phi) is 17.2. The van der Waals surface area contributed by atoms with Crippen LogP contribution >= 0.6 is 0 Å². The van der Waals surface area contributed by atoms with Gasteiger partial charge in [-0.25, -0.2) is 23.5 Å². The van der Waals surface area contributed by atoms with Gasteiger partial charge in [-0.15, -0.1) is 0 Å². The van der Waals surface area contributed by atoms with Crippen LogP contribution in [0.1, 0.15) is 90.5 Å². The summed E-state index contributed by atoms with van der Waals surface area (Å²) in [6.07, 6.45) is -8.60. The van der Waals surface area contributed by atoms with Crippen LogP contribution in [0.2, 0.25) is 0 Å².